The molecule has 2 bridgehead atoms. The maximum absolute atomic E-state index is 12.4. The molecule has 0 aliphatic carbocycles. The van der Waals surface area contributed by atoms with Crippen LogP contribution in [0.5, 0.6) is 10.8 Å². The number of rotatable bonds is 4. The summed E-state index contributed by atoms with van der Waals surface area (Å²) in [4.78, 5) is 17.0. The number of pyridine rings is 1. The molecule has 3 unspecified atom stereocenters. The molecule has 2 aliphatic rings. The number of fused-ring (bicyclic) bond motifs is 2. The lowest BCUT2D eigenvalue weighted by Crippen LogP contribution is -2.42. The number of aromatic nitrogens is 1. The van der Waals surface area contributed by atoms with Crippen LogP contribution in [0.15, 0.2) is 30.5 Å². The van der Waals surface area contributed by atoms with Gasteiger partial charge in [-0.15, -0.1) is 0 Å². The number of thiophene rings is 1. The second-order valence-electron chi connectivity index (χ2n) is 5.90. The largest absolute Gasteiger partial charge is 0.445 e. The van der Waals surface area contributed by atoms with Crippen molar-refractivity contribution in [3.8, 4) is 10.8 Å². The van der Waals surface area contributed by atoms with Crippen molar-refractivity contribution in [3.63, 3.8) is 0 Å². The number of halogens is 1. The van der Waals surface area contributed by atoms with Crippen LogP contribution in [0.25, 0.3) is 0 Å². The highest BCUT2D eigenvalue weighted by Gasteiger charge is 2.39. The van der Waals surface area contributed by atoms with Crippen molar-refractivity contribution in [1.82, 2.24) is 15.6 Å². The molecular formula is C16H16ClN3O2S. The third kappa shape index (κ3) is 3.20. The highest BCUT2D eigenvalue weighted by Crippen LogP contribution is 2.31. The third-order valence-electron chi connectivity index (χ3n) is 4.34. The van der Waals surface area contributed by atoms with Crippen LogP contribution in [-0.4, -0.2) is 29.0 Å². The lowest BCUT2D eigenvalue weighted by atomic mass is 9.95. The molecule has 3 atom stereocenters. The van der Waals surface area contributed by atoms with Crippen LogP contribution in [0.4, 0.5) is 0 Å². The Morgan fingerprint density at radius 1 is 1.35 bits per heavy atom. The van der Waals surface area contributed by atoms with E-state index in [1.165, 1.54) is 17.8 Å². The van der Waals surface area contributed by atoms with Gasteiger partial charge >= 0.3 is 0 Å². The first-order chi connectivity index (χ1) is 11.2. The van der Waals surface area contributed by atoms with Gasteiger partial charge in [0.1, 0.15) is 10.9 Å². The van der Waals surface area contributed by atoms with Crippen LogP contribution in [0.1, 0.15) is 28.9 Å². The monoisotopic (exact) mass is 349 g/mol. The SMILES string of the molecule is O=C(NC1CC2CCC1N2)c1ccc(Oc2ccc(Cl)nc2)s1. The van der Waals surface area contributed by atoms with Gasteiger partial charge in [0.25, 0.3) is 5.91 Å². The third-order valence-corrected chi connectivity index (χ3v) is 5.53. The number of carbonyl (C=O) groups excluding carboxylic acids is 1. The fourth-order valence-corrected chi connectivity index (χ4v) is 4.15. The minimum atomic E-state index is -0.0292. The number of hydrogen-bond acceptors (Lipinski definition) is 5. The van der Waals surface area contributed by atoms with E-state index >= 15 is 0 Å². The molecule has 2 saturated heterocycles. The maximum atomic E-state index is 12.4. The van der Waals surface area contributed by atoms with Gasteiger partial charge in [0.05, 0.1) is 11.1 Å². The molecule has 0 spiro atoms. The standard InChI is InChI=1S/C16H16ClN3O2S/c17-14-5-2-10(8-18-14)22-15-6-4-13(23-15)16(21)20-12-7-9-1-3-11(12)19-9/h2,4-6,8-9,11-12,19H,1,3,7H2,(H,20,21). The summed E-state index contributed by atoms with van der Waals surface area (Å²) in [5.74, 6) is 0.568. The number of hydrogen-bond donors (Lipinski definition) is 2. The van der Waals surface area contributed by atoms with Gasteiger partial charge in [-0.3, -0.25) is 4.79 Å². The van der Waals surface area contributed by atoms with Crippen LogP contribution >= 0.6 is 22.9 Å². The molecule has 4 heterocycles. The zero-order valence-electron chi connectivity index (χ0n) is 12.3. The summed E-state index contributed by atoms with van der Waals surface area (Å²) < 4.78 is 5.69. The smallest absolute Gasteiger partial charge is 0.261 e. The summed E-state index contributed by atoms with van der Waals surface area (Å²) in [5, 5.41) is 7.74. The van der Waals surface area contributed by atoms with Crippen LogP contribution in [0.3, 0.4) is 0 Å². The molecule has 2 aromatic rings. The number of ether oxygens (including phenoxy) is 1. The summed E-state index contributed by atoms with van der Waals surface area (Å²) in [5.41, 5.74) is 0. The predicted molar refractivity (Wildman–Crippen MR) is 89.5 cm³/mol. The zero-order valence-corrected chi connectivity index (χ0v) is 13.9. The molecule has 2 aliphatic heterocycles. The second kappa shape index (κ2) is 6.11. The van der Waals surface area contributed by atoms with Crippen LogP contribution in [0, 0.1) is 0 Å². The molecule has 2 N–H and O–H groups in total. The van der Waals surface area contributed by atoms with E-state index in [1.807, 2.05) is 0 Å². The van der Waals surface area contributed by atoms with E-state index in [4.69, 9.17) is 16.3 Å². The fourth-order valence-electron chi connectivity index (χ4n) is 3.26. The quantitative estimate of drug-likeness (QED) is 0.832. The molecule has 0 aromatic carbocycles. The summed E-state index contributed by atoms with van der Waals surface area (Å²) >= 11 is 7.07. The minimum Gasteiger partial charge on any atom is -0.445 e. The van der Waals surface area contributed by atoms with Gasteiger partial charge in [-0.25, -0.2) is 4.98 Å². The summed E-state index contributed by atoms with van der Waals surface area (Å²) in [6, 6.07) is 8.25. The van der Waals surface area contributed by atoms with Gasteiger partial charge in [0.2, 0.25) is 0 Å². The van der Waals surface area contributed by atoms with Gasteiger partial charge < -0.3 is 15.4 Å². The Bertz CT molecular complexity index is 718. The van der Waals surface area contributed by atoms with E-state index < -0.39 is 0 Å². The van der Waals surface area contributed by atoms with Crippen molar-refractivity contribution in [2.75, 3.05) is 0 Å². The Kier molecular flexibility index (Phi) is 3.97. The van der Waals surface area contributed by atoms with Gasteiger partial charge in [0, 0.05) is 18.1 Å². The Morgan fingerprint density at radius 3 is 2.96 bits per heavy atom. The van der Waals surface area contributed by atoms with E-state index in [-0.39, 0.29) is 11.9 Å². The van der Waals surface area contributed by atoms with E-state index in [1.54, 1.807) is 30.5 Å². The molecule has 120 valence electrons. The molecule has 23 heavy (non-hydrogen) atoms. The Morgan fingerprint density at radius 2 is 2.26 bits per heavy atom. The Labute approximate surface area is 143 Å². The molecule has 2 fully saturated rings. The second-order valence-corrected chi connectivity index (χ2v) is 7.33. The Balaban J connectivity index is 1.39. The normalized spacial score (nSPS) is 25.5. The average Bonchev–Trinajstić information content (AvgIpc) is 3.26. The van der Waals surface area contributed by atoms with Crippen molar-refractivity contribution in [3.05, 3.63) is 40.5 Å². The lowest BCUT2D eigenvalue weighted by molar-refractivity contribution is 0.0935. The van der Waals surface area contributed by atoms with Gasteiger partial charge in [0.15, 0.2) is 5.06 Å². The van der Waals surface area contributed by atoms with Crippen LogP contribution in [0.2, 0.25) is 5.15 Å². The van der Waals surface area contributed by atoms with Gasteiger partial charge in [-0.05, 0) is 43.5 Å². The summed E-state index contributed by atoms with van der Waals surface area (Å²) in [7, 11) is 0. The summed E-state index contributed by atoms with van der Waals surface area (Å²) in [6.07, 6.45) is 4.96. The maximum Gasteiger partial charge on any atom is 0.261 e. The lowest BCUT2D eigenvalue weighted by Gasteiger charge is -2.20. The number of carbonyl (C=O) groups is 1. The highest BCUT2D eigenvalue weighted by atomic mass is 35.5. The molecule has 0 radical (unpaired) electrons. The van der Waals surface area contributed by atoms with E-state index in [0.29, 0.717) is 32.9 Å². The van der Waals surface area contributed by atoms with Crippen LogP contribution < -0.4 is 15.4 Å². The summed E-state index contributed by atoms with van der Waals surface area (Å²) in [6.45, 7) is 0. The predicted octanol–water partition coefficient (Wildman–Crippen LogP) is 3.21. The highest BCUT2D eigenvalue weighted by molar-refractivity contribution is 7.15. The number of nitrogens with one attached hydrogen (secondary N) is 2. The Hall–Kier alpha value is -1.63. The van der Waals surface area contributed by atoms with Crippen molar-refractivity contribution in [2.45, 2.75) is 37.4 Å². The first-order valence-corrected chi connectivity index (χ1v) is 8.83. The van der Waals surface area contributed by atoms with E-state index in [9.17, 15) is 4.79 Å². The zero-order chi connectivity index (χ0) is 15.8. The number of nitrogens with zero attached hydrogens (tertiary/aromatic N) is 1. The first-order valence-electron chi connectivity index (χ1n) is 7.63. The van der Waals surface area contributed by atoms with Gasteiger partial charge in [-0.1, -0.05) is 22.9 Å². The molecule has 7 heteroatoms. The topological polar surface area (TPSA) is 63.2 Å². The van der Waals surface area contributed by atoms with Crippen LogP contribution in [-0.2, 0) is 0 Å². The van der Waals surface area contributed by atoms with Crippen molar-refractivity contribution < 1.29 is 9.53 Å². The molecule has 4 rings (SSSR count). The van der Waals surface area contributed by atoms with Crippen molar-refractivity contribution in [1.29, 1.82) is 0 Å². The fraction of sp³-hybridized carbons (Fsp3) is 0.375. The molecule has 0 saturated carbocycles. The molecular weight excluding hydrogens is 334 g/mol. The van der Waals surface area contributed by atoms with Crippen molar-refractivity contribution >= 4 is 28.8 Å². The van der Waals surface area contributed by atoms with Crippen molar-refractivity contribution in [2.24, 2.45) is 0 Å². The molecule has 1 amide bonds. The molecule has 5 nitrogen and oxygen atoms in total. The van der Waals surface area contributed by atoms with E-state index in [2.05, 4.69) is 15.6 Å². The first kappa shape index (κ1) is 14.9. The molecule has 2 aromatic heterocycles. The van der Waals surface area contributed by atoms with E-state index in [0.717, 1.165) is 12.8 Å². The number of amides is 1. The van der Waals surface area contributed by atoms with Gasteiger partial charge in [-0.2, -0.15) is 0 Å². The average molecular weight is 350 g/mol. The minimum absolute atomic E-state index is 0.0292.